The molecule has 0 bridgehead atoms. The van der Waals surface area contributed by atoms with E-state index in [0.29, 0.717) is 29.6 Å². The molecule has 2 aromatic carbocycles. The number of hydrogen-bond acceptors (Lipinski definition) is 8. The highest BCUT2D eigenvalue weighted by Crippen LogP contribution is 2.30. The number of carbonyl (C=O) groups excluding carboxylic acids is 4. The fourth-order valence-electron chi connectivity index (χ4n) is 3.78. The summed E-state index contributed by atoms with van der Waals surface area (Å²) < 4.78 is 11.5. The molecule has 1 aliphatic heterocycles. The smallest absolute Gasteiger partial charge is 0.407 e. The maximum absolute atomic E-state index is 13.5. The van der Waals surface area contributed by atoms with E-state index in [9.17, 15) is 19.2 Å². The number of nitrogens with one attached hydrogen (secondary N) is 3. The molecule has 3 N–H and O–H groups in total. The summed E-state index contributed by atoms with van der Waals surface area (Å²) in [6.07, 6.45) is 1.49. The molecule has 1 heterocycles. The Hall–Kier alpha value is -3.64. The minimum atomic E-state index is -0.551. The first-order valence-electron chi connectivity index (χ1n) is 13.1. The van der Waals surface area contributed by atoms with Crippen molar-refractivity contribution in [1.82, 2.24) is 20.9 Å². The van der Waals surface area contributed by atoms with Crippen molar-refractivity contribution in [1.29, 1.82) is 0 Å². The standard InChI is InChI=1S/C28H34N4O6S2/c1-3-4-14-37-23-21(25(34)29-2)16-20(17-22(23)26(35)32-13-15-40-28(32)39)24(33)30-11-8-12-31-27(36)38-18-19-9-6-5-7-10-19/h5-7,9-10,16-17H,3-4,8,11-15,18H2,1-2H3,(H,29,34)(H,30,33)(H,31,36). The number of unbranched alkanes of at least 4 members (excludes halogenated alkanes) is 1. The maximum Gasteiger partial charge on any atom is 0.407 e. The number of ether oxygens (including phenoxy) is 2. The van der Waals surface area contributed by atoms with Crippen molar-refractivity contribution in [3.05, 3.63) is 64.7 Å². The first-order chi connectivity index (χ1) is 19.3. The predicted octanol–water partition coefficient (Wildman–Crippen LogP) is 3.75. The van der Waals surface area contributed by atoms with Gasteiger partial charge in [-0.3, -0.25) is 19.3 Å². The summed E-state index contributed by atoms with van der Waals surface area (Å²) in [7, 11) is 1.47. The molecule has 0 aliphatic carbocycles. The number of thioether (sulfide) groups is 1. The van der Waals surface area contributed by atoms with Crippen molar-refractivity contribution in [3.8, 4) is 5.75 Å². The third-order valence-electron chi connectivity index (χ3n) is 5.92. The molecular weight excluding hydrogens is 552 g/mol. The number of nitrogens with zero attached hydrogens (tertiary/aromatic N) is 1. The average molecular weight is 587 g/mol. The Morgan fingerprint density at radius 2 is 1.73 bits per heavy atom. The van der Waals surface area contributed by atoms with Crippen molar-refractivity contribution in [2.45, 2.75) is 32.8 Å². The van der Waals surface area contributed by atoms with E-state index < -0.39 is 23.8 Å². The molecule has 0 saturated carbocycles. The van der Waals surface area contributed by atoms with Crippen LogP contribution in [0.1, 0.15) is 62.8 Å². The van der Waals surface area contributed by atoms with E-state index in [4.69, 9.17) is 21.7 Å². The second-order valence-electron chi connectivity index (χ2n) is 8.85. The van der Waals surface area contributed by atoms with Crippen LogP contribution in [0.2, 0.25) is 0 Å². The molecule has 0 aromatic heterocycles. The third kappa shape index (κ3) is 8.68. The number of thiocarbonyl (C=S) groups is 1. The van der Waals surface area contributed by atoms with Crippen LogP contribution in [-0.2, 0) is 11.3 Å². The van der Waals surface area contributed by atoms with Gasteiger partial charge in [-0.15, -0.1) is 0 Å². The van der Waals surface area contributed by atoms with Crippen LogP contribution >= 0.6 is 24.0 Å². The summed E-state index contributed by atoms with van der Waals surface area (Å²) in [5, 5.41) is 7.97. The lowest BCUT2D eigenvalue weighted by atomic mass is 10.0. The molecule has 0 radical (unpaired) electrons. The van der Waals surface area contributed by atoms with Gasteiger partial charge in [-0.25, -0.2) is 4.79 Å². The number of hydrogen-bond donors (Lipinski definition) is 3. The lowest BCUT2D eigenvalue weighted by Gasteiger charge is -2.20. The molecule has 1 aliphatic rings. The van der Waals surface area contributed by atoms with Crippen LogP contribution < -0.4 is 20.7 Å². The molecule has 1 fully saturated rings. The van der Waals surface area contributed by atoms with Crippen molar-refractivity contribution in [2.75, 3.05) is 39.0 Å². The fourth-order valence-corrected chi connectivity index (χ4v) is 4.98. The van der Waals surface area contributed by atoms with Crippen LogP contribution in [0.5, 0.6) is 5.75 Å². The van der Waals surface area contributed by atoms with Crippen molar-refractivity contribution >= 4 is 52.1 Å². The molecule has 10 nitrogen and oxygen atoms in total. The molecule has 0 unspecified atom stereocenters. The quantitative estimate of drug-likeness (QED) is 0.239. The summed E-state index contributed by atoms with van der Waals surface area (Å²) in [6, 6.07) is 12.2. The summed E-state index contributed by atoms with van der Waals surface area (Å²) in [5.41, 5.74) is 1.22. The number of alkyl carbamates (subject to hydrolysis) is 1. The SMILES string of the molecule is CCCCOc1c(C(=O)NC)cc(C(=O)NCCCNC(=O)OCc2ccccc2)cc1C(=O)N1CCSC1=S. The van der Waals surface area contributed by atoms with Crippen LogP contribution in [-0.4, -0.2) is 72.1 Å². The summed E-state index contributed by atoms with van der Waals surface area (Å²) in [4.78, 5) is 52.7. The Bertz CT molecular complexity index is 1220. The van der Waals surface area contributed by atoms with Gasteiger partial charge >= 0.3 is 6.09 Å². The molecule has 2 aromatic rings. The van der Waals surface area contributed by atoms with Crippen molar-refractivity contribution < 1.29 is 28.7 Å². The Morgan fingerprint density at radius 1 is 1.00 bits per heavy atom. The molecule has 4 amide bonds. The molecule has 12 heteroatoms. The van der Waals surface area contributed by atoms with Gasteiger partial charge in [-0.2, -0.15) is 0 Å². The number of carbonyl (C=O) groups is 4. The lowest BCUT2D eigenvalue weighted by Crippen LogP contribution is -2.33. The first kappa shape index (κ1) is 30.9. The Balaban J connectivity index is 1.66. The van der Waals surface area contributed by atoms with Gasteiger partial charge in [0, 0.05) is 38.0 Å². The molecule has 40 heavy (non-hydrogen) atoms. The lowest BCUT2D eigenvalue weighted by molar-refractivity contribution is 0.0857. The van der Waals surface area contributed by atoms with E-state index in [1.165, 1.54) is 35.8 Å². The van der Waals surface area contributed by atoms with Crippen LogP contribution in [0.25, 0.3) is 0 Å². The second-order valence-corrected chi connectivity index (χ2v) is 10.6. The zero-order chi connectivity index (χ0) is 28.9. The van der Waals surface area contributed by atoms with E-state index in [1.807, 2.05) is 37.3 Å². The highest BCUT2D eigenvalue weighted by molar-refractivity contribution is 8.23. The molecule has 1 saturated heterocycles. The van der Waals surface area contributed by atoms with E-state index >= 15 is 0 Å². The molecule has 0 atom stereocenters. The van der Waals surface area contributed by atoms with Gasteiger partial charge < -0.3 is 25.4 Å². The Labute approximate surface area is 243 Å². The zero-order valence-electron chi connectivity index (χ0n) is 22.6. The number of benzene rings is 2. The molecule has 214 valence electrons. The number of amides is 4. The van der Waals surface area contributed by atoms with Crippen molar-refractivity contribution in [3.63, 3.8) is 0 Å². The van der Waals surface area contributed by atoms with Crippen LogP contribution in [0.4, 0.5) is 4.79 Å². The van der Waals surface area contributed by atoms with E-state index in [2.05, 4.69) is 16.0 Å². The summed E-state index contributed by atoms with van der Waals surface area (Å²) in [6.45, 7) is 3.45. The highest BCUT2D eigenvalue weighted by atomic mass is 32.2. The van der Waals surface area contributed by atoms with Crippen LogP contribution in [0.15, 0.2) is 42.5 Å². The topological polar surface area (TPSA) is 126 Å². The van der Waals surface area contributed by atoms with Gasteiger partial charge in [0.1, 0.15) is 16.7 Å². The zero-order valence-corrected chi connectivity index (χ0v) is 24.3. The summed E-state index contributed by atoms with van der Waals surface area (Å²) in [5.74, 6) is -0.560. The number of rotatable bonds is 13. The van der Waals surface area contributed by atoms with Gasteiger partial charge in [0.05, 0.1) is 17.7 Å². The van der Waals surface area contributed by atoms with Crippen molar-refractivity contribution in [2.24, 2.45) is 0 Å². The largest absolute Gasteiger partial charge is 0.492 e. The Kier molecular flexibility index (Phi) is 12.2. The molecule has 3 rings (SSSR count). The minimum Gasteiger partial charge on any atom is -0.492 e. The van der Waals surface area contributed by atoms with Gasteiger partial charge in [0.15, 0.2) is 0 Å². The average Bonchev–Trinajstić information content (AvgIpc) is 3.41. The van der Waals surface area contributed by atoms with E-state index in [1.54, 1.807) is 0 Å². The summed E-state index contributed by atoms with van der Waals surface area (Å²) >= 11 is 6.73. The highest BCUT2D eigenvalue weighted by Gasteiger charge is 2.31. The molecule has 0 spiro atoms. The fraction of sp³-hybridized carbons (Fsp3) is 0.393. The van der Waals surface area contributed by atoms with Gasteiger partial charge in [0.25, 0.3) is 17.7 Å². The minimum absolute atomic E-state index is 0.0928. The molecular formula is C28H34N4O6S2. The Morgan fingerprint density at radius 3 is 2.40 bits per heavy atom. The van der Waals surface area contributed by atoms with Crippen LogP contribution in [0.3, 0.4) is 0 Å². The predicted molar refractivity (Wildman–Crippen MR) is 158 cm³/mol. The van der Waals surface area contributed by atoms with E-state index in [-0.39, 0.29) is 42.1 Å². The monoisotopic (exact) mass is 586 g/mol. The maximum atomic E-state index is 13.5. The third-order valence-corrected chi connectivity index (χ3v) is 7.35. The normalized spacial score (nSPS) is 12.6. The second kappa shape index (κ2) is 15.8. The van der Waals surface area contributed by atoms with Gasteiger partial charge in [0.2, 0.25) is 0 Å². The first-order valence-corrected chi connectivity index (χ1v) is 14.5. The van der Waals surface area contributed by atoms with E-state index in [0.717, 1.165) is 18.4 Å². The van der Waals surface area contributed by atoms with Gasteiger partial charge in [-0.1, -0.05) is 67.7 Å². The van der Waals surface area contributed by atoms with Crippen LogP contribution in [0, 0.1) is 0 Å². The van der Waals surface area contributed by atoms with Gasteiger partial charge in [-0.05, 0) is 30.5 Å².